The van der Waals surface area contributed by atoms with Crippen LogP contribution in [0.2, 0.25) is 0 Å². The third-order valence-corrected chi connectivity index (χ3v) is 8.97. The van der Waals surface area contributed by atoms with Crippen molar-refractivity contribution in [3.8, 4) is 0 Å². The molecule has 8 nitrogen and oxygen atoms in total. The van der Waals surface area contributed by atoms with Crippen molar-refractivity contribution in [1.82, 2.24) is 9.03 Å². The second-order valence-electron chi connectivity index (χ2n) is 7.65. The lowest BCUT2D eigenvalue weighted by atomic mass is 9.97. The largest absolute Gasteiger partial charge is 0.326 e. The summed E-state index contributed by atoms with van der Waals surface area (Å²) in [7, 11) is -5.80. The van der Waals surface area contributed by atoms with Crippen molar-refractivity contribution in [3.05, 3.63) is 53.6 Å². The van der Waals surface area contributed by atoms with Gasteiger partial charge < -0.3 is 5.32 Å². The van der Waals surface area contributed by atoms with Crippen molar-refractivity contribution < 1.29 is 21.6 Å². The topological polar surface area (TPSA) is 113 Å². The van der Waals surface area contributed by atoms with Crippen LogP contribution >= 0.6 is 0 Å². The van der Waals surface area contributed by atoms with Gasteiger partial charge in [-0.25, -0.2) is 21.6 Å². The van der Waals surface area contributed by atoms with Crippen molar-refractivity contribution >= 4 is 31.6 Å². The molecule has 3 rings (SSSR count). The van der Waals surface area contributed by atoms with E-state index in [-0.39, 0.29) is 34.7 Å². The molecule has 0 saturated carbocycles. The molecule has 2 aromatic carbocycles. The Balaban J connectivity index is 1.61. The summed E-state index contributed by atoms with van der Waals surface area (Å²) < 4.78 is 53.1. The first kappa shape index (κ1) is 23.4. The third kappa shape index (κ3) is 5.15. The highest BCUT2D eigenvalue weighted by atomic mass is 32.2. The van der Waals surface area contributed by atoms with Gasteiger partial charge in [0.2, 0.25) is 26.0 Å². The second kappa shape index (κ2) is 9.07. The predicted molar refractivity (Wildman–Crippen MR) is 119 cm³/mol. The van der Waals surface area contributed by atoms with Gasteiger partial charge in [-0.2, -0.15) is 4.31 Å². The number of hydrogen-bond donors (Lipinski definition) is 2. The number of nitrogens with one attached hydrogen (secondary N) is 2. The molecule has 2 N–H and O–H groups in total. The lowest BCUT2D eigenvalue weighted by Gasteiger charge is -2.30. The lowest BCUT2D eigenvalue weighted by molar-refractivity contribution is -0.120. The van der Waals surface area contributed by atoms with Gasteiger partial charge in [0.05, 0.1) is 9.79 Å². The van der Waals surface area contributed by atoms with Crippen molar-refractivity contribution in [2.45, 2.75) is 36.5 Å². The SMILES string of the molecule is CNS(=O)(=O)c1ccc(NC(=O)C2CCN(S(=O)(=O)c3ccc(C)c(C)c3)CC2)cc1. The molecule has 1 aliphatic rings. The molecule has 10 heteroatoms. The number of hydrogen-bond acceptors (Lipinski definition) is 5. The van der Waals surface area contributed by atoms with Crippen molar-refractivity contribution in [2.75, 3.05) is 25.5 Å². The van der Waals surface area contributed by atoms with E-state index >= 15 is 0 Å². The van der Waals surface area contributed by atoms with E-state index in [4.69, 9.17) is 0 Å². The van der Waals surface area contributed by atoms with E-state index in [0.29, 0.717) is 18.5 Å². The summed E-state index contributed by atoms with van der Waals surface area (Å²) in [6.07, 6.45) is 0.838. The maximum atomic E-state index is 12.9. The van der Waals surface area contributed by atoms with Gasteiger partial charge >= 0.3 is 0 Å². The first-order valence-electron chi connectivity index (χ1n) is 9.96. The number of nitrogens with zero attached hydrogens (tertiary/aromatic N) is 1. The van der Waals surface area contributed by atoms with E-state index in [0.717, 1.165) is 11.1 Å². The molecule has 0 aliphatic carbocycles. The summed E-state index contributed by atoms with van der Waals surface area (Å²) in [6, 6.07) is 11.0. The highest BCUT2D eigenvalue weighted by Crippen LogP contribution is 2.26. The van der Waals surface area contributed by atoms with E-state index in [2.05, 4.69) is 10.0 Å². The minimum Gasteiger partial charge on any atom is -0.326 e. The Bertz CT molecular complexity index is 1170. The number of aryl methyl sites for hydroxylation is 2. The lowest BCUT2D eigenvalue weighted by Crippen LogP contribution is -2.41. The number of carbonyl (C=O) groups excluding carboxylic acids is 1. The van der Waals surface area contributed by atoms with Gasteiger partial charge in [0.25, 0.3) is 0 Å². The fourth-order valence-corrected chi connectivity index (χ4v) is 5.75. The minimum atomic E-state index is -3.59. The molecule has 0 spiro atoms. The molecule has 1 aliphatic heterocycles. The Hall–Kier alpha value is -2.27. The highest BCUT2D eigenvalue weighted by molar-refractivity contribution is 7.89. The molecule has 1 heterocycles. The van der Waals surface area contributed by atoms with Crippen molar-refractivity contribution in [2.24, 2.45) is 5.92 Å². The second-order valence-corrected chi connectivity index (χ2v) is 11.5. The quantitative estimate of drug-likeness (QED) is 0.679. The molecule has 2 aromatic rings. The standard InChI is InChI=1S/C21H27N3O5S2/c1-15-4-7-20(14-16(15)2)31(28,29)24-12-10-17(11-13-24)21(25)23-18-5-8-19(9-6-18)30(26,27)22-3/h4-9,14,17,22H,10-13H2,1-3H3,(H,23,25). The van der Waals surface area contributed by atoms with E-state index in [1.54, 1.807) is 18.2 Å². The molecular formula is C21H27N3O5S2. The molecule has 0 radical (unpaired) electrons. The van der Waals surface area contributed by atoms with Crippen LogP contribution in [-0.2, 0) is 24.8 Å². The van der Waals surface area contributed by atoms with E-state index in [1.807, 2.05) is 13.8 Å². The molecule has 1 saturated heterocycles. The van der Waals surface area contributed by atoms with Gasteiger partial charge in [-0.15, -0.1) is 0 Å². The summed E-state index contributed by atoms with van der Waals surface area (Å²) in [5, 5.41) is 2.79. The molecule has 0 aromatic heterocycles. The summed E-state index contributed by atoms with van der Waals surface area (Å²) in [6.45, 7) is 4.36. The van der Waals surface area contributed by atoms with Crippen molar-refractivity contribution in [1.29, 1.82) is 0 Å². The maximum absolute atomic E-state index is 12.9. The van der Waals surface area contributed by atoms with Crippen LogP contribution in [0.5, 0.6) is 0 Å². The molecule has 31 heavy (non-hydrogen) atoms. The van der Waals surface area contributed by atoms with Gasteiger partial charge in [-0.05, 0) is 81.3 Å². The predicted octanol–water partition coefficient (Wildman–Crippen LogP) is 2.25. The third-order valence-electron chi connectivity index (χ3n) is 5.64. The molecular weight excluding hydrogens is 438 g/mol. The van der Waals surface area contributed by atoms with Crippen LogP contribution < -0.4 is 10.0 Å². The Labute approximate surface area is 183 Å². The molecule has 0 bridgehead atoms. The molecule has 1 amide bonds. The van der Waals surface area contributed by atoms with Gasteiger partial charge in [-0.1, -0.05) is 6.07 Å². The van der Waals surface area contributed by atoms with Crippen LogP contribution in [0.4, 0.5) is 5.69 Å². The Morgan fingerprint density at radius 3 is 2.03 bits per heavy atom. The first-order valence-corrected chi connectivity index (χ1v) is 12.9. The molecule has 0 atom stereocenters. The Kier molecular flexibility index (Phi) is 6.85. The summed E-state index contributed by atoms with van der Waals surface area (Å²) in [5.41, 5.74) is 2.44. The summed E-state index contributed by atoms with van der Waals surface area (Å²) >= 11 is 0. The highest BCUT2D eigenvalue weighted by Gasteiger charge is 2.32. The number of anilines is 1. The zero-order valence-electron chi connectivity index (χ0n) is 17.8. The number of rotatable bonds is 6. The van der Waals surface area contributed by atoms with Gasteiger partial charge in [0.1, 0.15) is 0 Å². The average Bonchev–Trinajstić information content (AvgIpc) is 2.76. The number of amides is 1. The fraction of sp³-hybridized carbons (Fsp3) is 0.381. The van der Waals surface area contributed by atoms with Gasteiger partial charge in [-0.3, -0.25) is 4.79 Å². The molecule has 1 fully saturated rings. The van der Waals surface area contributed by atoms with E-state index in [9.17, 15) is 21.6 Å². The van der Waals surface area contributed by atoms with Gasteiger partial charge in [0.15, 0.2) is 0 Å². The Morgan fingerprint density at radius 1 is 0.903 bits per heavy atom. The monoisotopic (exact) mass is 465 g/mol. The van der Waals surface area contributed by atoms with E-state index in [1.165, 1.54) is 35.6 Å². The average molecular weight is 466 g/mol. The molecule has 168 valence electrons. The van der Waals surface area contributed by atoms with Crippen LogP contribution in [0.25, 0.3) is 0 Å². The van der Waals surface area contributed by atoms with E-state index < -0.39 is 20.0 Å². The summed E-state index contributed by atoms with van der Waals surface area (Å²) in [5.74, 6) is -0.514. The number of carbonyl (C=O) groups is 1. The normalized spacial score (nSPS) is 16.2. The summed E-state index contributed by atoms with van der Waals surface area (Å²) in [4.78, 5) is 13.0. The Morgan fingerprint density at radius 2 is 1.48 bits per heavy atom. The zero-order valence-corrected chi connectivity index (χ0v) is 19.4. The number of sulfonamides is 2. The van der Waals surface area contributed by atoms with Crippen LogP contribution in [0.1, 0.15) is 24.0 Å². The van der Waals surface area contributed by atoms with Crippen LogP contribution in [-0.4, -0.2) is 47.2 Å². The maximum Gasteiger partial charge on any atom is 0.243 e. The first-order chi connectivity index (χ1) is 14.5. The van der Waals surface area contributed by atoms with Gasteiger partial charge in [0, 0.05) is 24.7 Å². The minimum absolute atomic E-state index is 0.109. The van der Waals surface area contributed by atoms with Crippen LogP contribution in [0.15, 0.2) is 52.3 Å². The number of piperidine rings is 1. The van der Waals surface area contributed by atoms with Crippen LogP contribution in [0, 0.1) is 19.8 Å². The molecule has 0 unspecified atom stereocenters. The number of benzene rings is 2. The smallest absolute Gasteiger partial charge is 0.243 e. The zero-order chi connectivity index (χ0) is 22.8. The van der Waals surface area contributed by atoms with Crippen molar-refractivity contribution in [3.63, 3.8) is 0 Å². The van der Waals surface area contributed by atoms with Crippen LogP contribution in [0.3, 0.4) is 0 Å². The fourth-order valence-electron chi connectivity index (χ4n) is 3.46.